The Labute approximate surface area is 124 Å². The van der Waals surface area contributed by atoms with Crippen molar-refractivity contribution in [2.24, 2.45) is 0 Å². The van der Waals surface area contributed by atoms with Crippen LogP contribution in [0.5, 0.6) is 0 Å². The highest BCUT2D eigenvalue weighted by atomic mass is 16.3. The first-order chi connectivity index (χ1) is 10.2. The molecule has 0 aliphatic rings. The molecule has 0 atom stereocenters. The summed E-state index contributed by atoms with van der Waals surface area (Å²) in [5, 5.41) is 0.643. The van der Waals surface area contributed by atoms with Gasteiger partial charge in [0.15, 0.2) is 5.43 Å². The highest BCUT2D eigenvalue weighted by molar-refractivity contribution is 5.82. The van der Waals surface area contributed by atoms with Crippen LogP contribution in [0.15, 0.2) is 57.9 Å². The van der Waals surface area contributed by atoms with E-state index >= 15 is 0 Å². The lowest BCUT2D eigenvalue weighted by atomic mass is 10.0. The highest BCUT2D eigenvalue weighted by Gasteiger charge is 2.09. The molecule has 0 radical (unpaired) electrons. The fourth-order valence-electron chi connectivity index (χ4n) is 2.51. The summed E-state index contributed by atoms with van der Waals surface area (Å²) in [6.45, 7) is 4.20. The maximum absolute atomic E-state index is 12.6. The molecule has 1 heterocycles. The number of fused-ring (bicyclic) bond motifs is 1. The van der Waals surface area contributed by atoms with Gasteiger partial charge in [0.25, 0.3) is 0 Å². The van der Waals surface area contributed by atoms with E-state index in [-0.39, 0.29) is 5.43 Å². The molecular formula is C19H18O2. The lowest BCUT2D eigenvalue weighted by molar-refractivity contribution is 0.604. The predicted molar refractivity (Wildman–Crippen MR) is 86.7 cm³/mol. The molecule has 2 aromatic carbocycles. The second kappa shape index (κ2) is 5.57. The molecule has 0 saturated carbocycles. The van der Waals surface area contributed by atoms with Crippen molar-refractivity contribution >= 4 is 11.0 Å². The van der Waals surface area contributed by atoms with Gasteiger partial charge in [0.2, 0.25) is 0 Å². The second-order valence-electron chi connectivity index (χ2n) is 5.21. The maximum Gasteiger partial charge on any atom is 0.200 e. The summed E-state index contributed by atoms with van der Waals surface area (Å²) < 4.78 is 5.68. The fraction of sp³-hybridized carbons (Fsp3) is 0.211. The Morgan fingerprint density at radius 1 is 0.905 bits per heavy atom. The van der Waals surface area contributed by atoms with Crippen LogP contribution in [0.3, 0.4) is 0 Å². The van der Waals surface area contributed by atoms with Gasteiger partial charge in [-0.1, -0.05) is 44.2 Å². The average molecular weight is 278 g/mol. The molecule has 2 heteroatoms. The molecule has 0 fully saturated rings. The largest absolute Gasteiger partial charge is 0.463 e. The Morgan fingerprint density at radius 2 is 1.57 bits per heavy atom. The van der Waals surface area contributed by atoms with Crippen molar-refractivity contribution in [3.63, 3.8) is 0 Å². The molecule has 0 N–H and O–H groups in total. The molecule has 0 bridgehead atoms. The van der Waals surface area contributed by atoms with Gasteiger partial charge in [0.1, 0.15) is 11.8 Å². The summed E-state index contributed by atoms with van der Waals surface area (Å²) in [5.74, 6) is 0. The predicted octanol–water partition coefficient (Wildman–Crippen LogP) is 4.58. The second-order valence-corrected chi connectivity index (χ2v) is 5.21. The summed E-state index contributed by atoms with van der Waals surface area (Å²) in [5.41, 5.74) is 4.65. The van der Waals surface area contributed by atoms with Crippen molar-refractivity contribution in [3.8, 4) is 11.1 Å². The van der Waals surface area contributed by atoms with Crippen molar-refractivity contribution in [3.05, 3.63) is 70.1 Å². The number of hydrogen-bond donors (Lipinski definition) is 0. The van der Waals surface area contributed by atoms with Crippen LogP contribution in [-0.4, -0.2) is 0 Å². The summed E-state index contributed by atoms with van der Waals surface area (Å²) >= 11 is 0. The number of aryl methyl sites for hydroxylation is 2. The Kier molecular flexibility index (Phi) is 3.61. The SMILES string of the molecule is CCc1ccc(-c2coc3cc(CC)ccc3c2=O)cc1. The van der Waals surface area contributed by atoms with E-state index in [9.17, 15) is 4.79 Å². The molecule has 106 valence electrons. The lowest BCUT2D eigenvalue weighted by Crippen LogP contribution is -2.05. The van der Waals surface area contributed by atoms with E-state index in [0.717, 1.165) is 18.4 Å². The zero-order valence-electron chi connectivity index (χ0n) is 12.3. The van der Waals surface area contributed by atoms with E-state index in [1.54, 1.807) is 6.26 Å². The van der Waals surface area contributed by atoms with Crippen molar-refractivity contribution in [1.29, 1.82) is 0 Å². The third kappa shape index (κ3) is 2.49. The summed E-state index contributed by atoms with van der Waals surface area (Å²) in [6, 6.07) is 13.9. The molecule has 0 saturated heterocycles. The quantitative estimate of drug-likeness (QED) is 0.701. The van der Waals surface area contributed by atoms with Crippen LogP contribution in [0.25, 0.3) is 22.1 Å². The Hall–Kier alpha value is -2.35. The van der Waals surface area contributed by atoms with Crippen LogP contribution in [0.4, 0.5) is 0 Å². The smallest absolute Gasteiger partial charge is 0.200 e. The molecule has 3 aromatic rings. The molecule has 2 nitrogen and oxygen atoms in total. The third-order valence-corrected chi connectivity index (χ3v) is 3.92. The van der Waals surface area contributed by atoms with Gasteiger partial charge in [-0.3, -0.25) is 4.79 Å². The number of hydrogen-bond acceptors (Lipinski definition) is 2. The van der Waals surface area contributed by atoms with Gasteiger partial charge >= 0.3 is 0 Å². The van der Waals surface area contributed by atoms with Crippen molar-refractivity contribution in [1.82, 2.24) is 0 Å². The van der Waals surface area contributed by atoms with E-state index in [0.29, 0.717) is 16.5 Å². The minimum atomic E-state index is 0.0307. The Bertz CT molecular complexity index is 826. The van der Waals surface area contributed by atoms with Crippen molar-refractivity contribution in [2.45, 2.75) is 26.7 Å². The van der Waals surface area contributed by atoms with Crippen LogP contribution in [0, 0.1) is 0 Å². The van der Waals surface area contributed by atoms with Gasteiger partial charge in [0, 0.05) is 0 Å². The molecule has 0 aliphatic heterocycles. The van der Waals surface area contributed by atoms with Gasteiger partial charge in [-0.15, -0.1) is 0 Å². The maximum atomic E-state index is 12.6. The van der Waals surface area contributed by atoms with E-state index in [1.807, 2.05) is 30.3 Å². The number of rotatable bonds is 3. The lowest BCUT2D eigenvalue weighted by Gasteiger charge is -2.05. The first kappa shape index (κ1) is 13.6. The topological polar surface area (TPSA) is 30.2 Å². The number of benzene rings is 2. The van der Waals surface area contributed by atoms with Crippen molar-refractivity contribution in [2.75, 3.05) is 0 Å². The molecule has 0 aliphatic carbocycles. The molecule has 3 rings (SSSR count). The molecule has 0 spiro atoms. The molecule has 21 heavy (non-hydrogen) atoms. The minimum absolute atomic E-state index is 0.0307. The van der Waals surface area contributed by atoms with Crippen LogP contribution in [0.1, 0.15) is 25.0 Å². The van der Waals surface area contributed by atoms with Crippen LogP contribution in [0.2, 0.25) is 0 Å². The fourth-order valence-corrected chi connectivity index (χ4v) is 2.51. The zero-order chi connectivity index (χ0) is 14.8. The summed E-state index contributed by atoms with van der Waals surface area (Å²) in [7, 11) is 0. The molecule has 0 unspecified atom stereocenters. The van der Waals surface area contributed by atoms with Crippen LogP contribution in [-0.2, 0) is 12.8 Å². The van der Waals surface area contributed by atoms with E-state index in [4.69, 9.17) is 4.42 Å². The molecule has 0 amide bonds. The first-order valence-corrected chi connectivity index (χ1v) is 7.36. The summed E-state index contributed by atoms with van der Waals surface area (Å²) in [6.07, 6.45) is 3.50. The Morgan fingerprint density at radius 3 is 2.24 bits per heavy atom. The monoisotopic (exact) mass is 278 g/mol. The van der Waals surface area contributed by atoms with Gasteiger partial charge in [-0.2, -0.15) is 0 Å². The van der Waals surface area contributed by atoms with Gasteiger partial charge in [-0.25, -0.2) is 0 Å². The van der Waals surface area contributed by atoms with Crippen LogP contribution < -0.4 is 5.43 Å². The third-order valence-electron chi connectivity index (χ3n) is 3.92. The summed E-state index contributed by atoms with van der Waals surface area (Å²) in [4.78, 5) is 12.6. The van der Waals surface area contributed by atoms with Crippen molar-refractivity contribution < 1.29 is 4.42 Å². The standard InChI is InChI=1S/C19H18O2/c1-3-13-5-8-15(9-6-13)17-12-21-18-11-14(4-2)7-10-16(18)19(17)20/h5-12H,3-4H2,1-2H3. The zero-order valence-corrected chi connectivity index (χ0v) is 12.3. The van der Waals surface area contributed by atoms with Crippen LogP contribution >= 0.6 is 0 Å². The highest BCUT2D eigenvalue weighted by Crippen LogP contribution is 2.21. The minimum Gasteiger partial charge on any atom is -0.463 e. The average Bonchev–Trinajstić information content (AvgIpc) is 2.55. The Balaban J connectivity index is 2.15. The molecule has 1 aromatic heterocycles. The van der Waals surface area contributed by atoms with E-state index < -0.39 is 0 Å². The van der Waals surface area contributed by atoms with Gasteiger partial charge in [-0.05, 0) is 41.7 Å². The van der Waals surface area contributed by atoms with E-state index in [2.05, 4.69) is 26.0 Å². The first-order valence-electron chi connectivity index (χ1n) is 7.36. The van der Waals surface area contributed by atoms with E-state index in [1.165, 1.54) is 11.1 Å². The van der Waals surface area contributed by atoms with Gasteiger partial charge < -0.3 is 4.42 Å². The molecular weight excluding hydrogens is 260 g/mol. The normalized spacial score (nSPS) is 11.0. The van der Waals surface area contributed by atoms with Gasteiger partial charge in [0.05, 0.1) is 10.9 Å².